The Bertz CT molecular complexity index is 772. The first-order chi connectivity index (χ1) is 11.6. The molecular formula is C20H22N2O2. The van der Waals surface area contributed by atoms with Crippen LogP contribution in [0.15, 0.2) is 35.9 Å². The maximum Gasteiger partial charge on any atom is 0.144 e. The molecule has 0 radical (unpaired) electrons. The molecule has 5 rings (SSSR count). The summed E-state index contributed by atoms with van der Waals surface area (Å²) in [7, 11) is 0. The Morgan fingerprint density at radius 1 is 1.33 bits per heavy atom. The van der Waals surface area contributed by atoms with Gasteiger partial charge in [0.25, 0.3) is 0 Å². The highest BCUT2D eigenvalue weighted by Gasteiger charge is 2.61. The molecule has 4 aliphatic rings. The lowest BCUT2D eigenvalue weighted by Crippen LogP contribution is -2.64. The van der Waals surface area contributed by atoms with Gasteiger partial charge in [-0.1, -0.05) is 35.9 Å². The lowest BCUT2D eigenvalue weighted by Gasteiger charge is -2.57. The van der Waals surface area contributed by atoms with Gasteiger partial charge in [-0.05, 0) is 25.0 Å². The number of fused-ring (bicyclic) bond motifs is 1. The van der Waals surface area contributed by atoms with Gasteiger partial charge in [-0.15, -0.1) is 0 Å². The fourth-order valence-corrected chi connectivity index (χ4v) is 5.04. The van der Waals surface area contributed by atoms with E-state index in [0.717, 1.165) is 29.8 Å². The monoisotopic (exact) mass is 322 g/mol. The summed E-state index contributed by atoms with van der Waals surface area (Å²) in [6, 6.07) is 10.8. The maximum atomic E-state index is 12.8. The van der Waals surface area contributed by atoms with E-state index in [1.54, 1.807) is 6.92 Å². The Balaban J connectivity index is 1.96. The van der Waals surface area contributed by atoms with Crippen molar-refractivity contribution in [3.05, 3.63) is 47.0 Å². The van der Waals surface area contributed by atoms with Crippen LogP contribution in [-0.4, -0.2) is 42.5 Å². The topological polar surface area (TPSA) is 53.3 Å². The highest BCUT2D eigenvalue weighted by atomic mass is 16.5. The van der Waals surface area contributed by atoms with Crippen molar-refractivity contribution in [3.63, 3.8) is 0 Å². The van der Waals surface area contributed by atoms with E-state index in [1.165, 1.54) is 0 Å². The average Bonchev–Trinajstić information content (AvgIpc) is 2.63. The number of carbonyl (C=O) groups excluding carboxylic acids is 1. The number of morpholine rings is 1. The summed E-state index contributed by atoms with van der Waals surface area (Å²) >= 11 is 0. The number of hydrogen-bond acceptors (Lipinski definition) is 4. The third kappa shape index (κ3) is 1.77. The molecule has 3 aliphatic carbocycles. The van der Waals surface area contributed by atoms with Crippen LogP contribution in [0.3, 0.4) is 0 Å². The minimum absolute atomic E-state index is 0.0121. The van der Waals surface area contributed by atoms with Gasteiger partial charge >= 0.3 is 0 Å². The van der Waals surface area contributed by atoms with Gasteiger partial charge in [-0.3, -0.25) is 9.69 Å². The fourth-order valence-electron chi connectivity index (χ4n) is 5.04. The molecular weight excluding hydrogens is 300 g/mol. The molecule has 1 aliphatic heterocycles. The lowest BCUT2D eigenvalue weighted by molar-refractivity contribution is -0.123. The van der Waals surface area contributed by atoms with Crippen LogP contribution in [0.1, 0.15) is 37.3 Å². The molecule has 3 atom stereocenters. The van der Waals surface area contributed by atoms with E-state index >= 15 is 0 Å². The van der Waals surface area contributed by atoms with Crippen molar-refractivity contribution in [2.75, 3.05) is 26.3 Å². The van der Waals surface area contributed by atoms with E-state index in [4.69, 9.17) is 4.74 Å². The summed E-state index contributed by atoms with van der Waals surface area (Å²) in [5.41, 5.74) is 2.00. The number of ether oxygens (including phenoxy) is 1. The first kappa shape index (κ1) is 15.6. The van der Waals surface area contributed by atoms with Crippen LogP contribution in [0.5, 0.6) is 0 Å². The Labute approximate surface area is 142 Å². The molecule has 2 bridgehead atoms. The molecule has 1 fully saturated rings. The fraction of sp³-hybridized carbons (Fsp3) is 0.500. The molecule has 24 heavy (non-hydrogen) atoms. The Kier molecular flexibility index (Phi) is 3.42. The highest BCUT2D eigenvalue weighted by Crippen LogP contribution is 2.59. The summed E-state index contributed by atoms with van der Waals surface area (Å²) in [5, 5.41) is 10.3. The van der Waals surface area contributed by atoms with Gasteiger partial charge < -0.3 is 4.74 Å². The Morgan fingerprint density at radius 2 is 2.04 bits per heavy atom. The van der Waals surface area contributed by atoms with E-state index in [1.807, 2.05) is 19.1 Å². The predicted octanol–water partition coefficient (Wildman–Crippen LogP) is 2.56. The maximum absolute atomic E-state index is 12.8. The zero-order valence-corrected chi connectivity index (χ0v) is 14.2. The quantitative estimate of drug-likeness (QED) is 0.785. The van der Waals surface area contributed by atoms with Gasteiger partial charge in [0, 0.05) is 25.4 Å². The molecule has 0 aromatic heterocycles. The molecule has 1 saturated heterocycles. The number of allylic oxidation sites excluding steroid dienone is 1. The smallest absolute Gasteiger partial charge is 0.144 e. The molecule has 0 saturated carbocycles. The molecule has 124 valence electrons. The van der Waals surface area contributed by atoms with Gasteiger partial charge in [0.2, 0.25) is 0 Å². The largest absolute Gasteiger partial charge is 0.379 e. The van der Waals surface area contributed by atoms with Crippen molar-refractivity contribution in [3.8, 4) is 6.07 Å². The van der Waals surface area contributed by atoms with Crippen LogP contribution in [0, 0.1) is 11.3 Å². The molecule has 0 amide bonds. The number of benzene rings is 1. The van der Waals surface area contributed by atoms with Crippen LogP contribution in [0.2, 0.25) is 0 Å². The molecule has 1 aromatic rings. The summed E-state index contributed by atoms with van der Waals surface area (Å²) < 4.78 is 5.49. The van der Waals surface area contributed by atoms with Gasteiger partial charge in [0.1, 0.15) is 11.3 Å². The molecule has 0 N–H and O–H groups in total. The second-order valence-corrected chi connectivity index (χ2v) is 7.19. The highest BCUT2D eigenvalue weighted by molar-refractivity contribution is 5.94. The van der Waals surface area contributed by atoms with Crippen molar-refractivity contribution < 1.29 is 9.53 Å². The van der Waals surface area contributed by atoms with E-state index in [2.05, 4.69) is 29.2 Å². The van der Waals surface area contributed by atoms with E-state index in [0.29, 0.717) is 19.6 Å². The molecule has 1 aromatic carbocycles. The summed E-state index contributed by atoms with van der Waals surface area (Å²) in [6.07, 6.45) is 2.72. The van der Waals surface area contributed by atoms with Crippen molar-refractivity contribution in [1.82, 2.24) is 4.90 Å². The second-order valence-electron chi connectivity index (χ2n) is 7.19. The van der Waals surface area contributed by atoms with Gasteiger partial charge in [0.05, 0.1) is 24.7 Å². The SMILES string of the molecule is CC(=O)[C@@]12C[C@@](C#N)(N3CCOCC3)[C@H](C=C1C)c1ccccc12. The molecule has 0 spiro atoms. The minimum Gasteiger partial charge on any atom is -0.379 e. The summed E-state index contributed by atoms with van der Waals surface area (Å²) in [6.45, 7) is 6.49. The van der Waals surface area contributed by atoms with Gasteiger partial charge in [-0.2, -0.15) is 5.26 Å². The molecule has 0 unspecified atom stereocenters. The normalized spacial score (nSPS) is 35.0. The van der Waals surface area contributed by atoms with Crippen molar-refractivity contribution >= 4 is 5.78 Å². The first-order valence-corrected chi connectivity index (χ1v) is 8.59. The zero-order chi connectivity index (χ0) is 16.9. The molecule has 4 nitrogen and oxygen atoms in total. The third-order valence-electron chi connectivity index (χ3n) is 6.26. The van der Waals surface area contributed by atoms with Crippen molar-refractivity contribution in [1.29, 1.82) is 5.26 Å². The predicted molar refractivity (Wildman–Crippen MR) is 90.7 cm³/mol. The number of Topliss-reactive ketones (excluding diaryl/α,β-unsaturated/α-hetero) is 1. The summed E-state index contributed by atoms with van der Waals surface area (Å²) in [4.78, 5) is 15.1. The zero-order valence-electron chi connectivity index (χ0n) is 14.2. The Hall–Kier alpha value is -1.96. The number of ketones is 1. The molecule has 1 heterocycles. The van der Waals surface area contributed by atoms with Crippen LogP contribution >= 0.6 is 0 Å². The number of carbonyl (C=O) groups is 1. The second kappa shape index (κ2) is 5.27. The Morgan fingerprint density at radius 3 is 2.71 bits per heavy atom. The minimum atomic E-state index is -0.667. The summed E-state index contributed by atoms with van der Waals surface area (Å²) in [5.74, 6) is 0.146. The van der Waals surface area contributed by atoms with Crippen molar-refractivity contribution in [2.45, 2.75) is 37.1 Å². The number of rotatable bonds is 2. The van der Waals surface area contributed by atoms with Crippen LogP contribution in [0.4, 0.5) is 0 Å². The number of hydrogen-bond donors (Lipinski definition) is 0. The van der Waals surface area contributed by atoms with E-state index in [-0.39, 0.29) is 11.7 Å². The first-order valence-electron chi connectivity index (χ1n) is 8.59. The number of nitrogens with zero attached hydrogens (tertiary/aromatic N) is 2. The lowest BCUT2D eigenvalue weighted by atomic mass is 9.50. The van der Waals surface area contributed by atoms with Crippen molar-refractivity contribution in [2.24, 2.45) is 0 Å². The van der Waals surface area contributed by atoms with Gasteiger partial charge in [-0.25, -0.2) is 0 Å². The van der Waals surface area contributed by atoms with Crippen LogP contribution in [0.25, 0.3) is 0 Å². The number of nitriles is 1. The molecule has 4 heteroatoms. The standard InChI is InChI=1S/C20H22N2O2/c1-14-11-18-16-5-3-4-6-17(16)20(14,15(2)23)12-19(18,13-21)22-7-9-24-10-8-22/h3-6,11,18H,7-10,12H2,1-2H3/t18-,19+,20-/m1/s1. The van der Waals surface area contributed by atoms with E-state index in [9.17, 15) is 10.1 Å². The third-order valence-corrected chi connectivity index (χ3v) is 6.26. The van der Waals surface area contributed by atoms with Crippen LogP contribution in [-0.2, 0) is 14.9 Å². The van der Waals surface area contributed by atoms with Crippen LogP contribution < -0.4 is 0 Å². The average molecular weight is 322 g/mol. The van der Waals surface area contributed by atoms with E-state index < -0.39 is 11.0 Å². The van der Waals surface area contributed by atoms with Gasteiger partial charge in [0.15, 0.2) is 0 Å².